The normalized spacial score (nSPS) is 12.7. The van der Waals surface area contributed by atoms with Crippen molar-refractivity contribution in [2.24, 2.45) is 0 Å². The first kappa shape index (κ1) is 10.8. The molecule has 4 heteroatoms. The quantitative estimate of drug-likeness (QED) is 0.483. The molecule has 1 N–H and O–H groups in total. The Bertz CT molecular complexity index is 220. The number of carbonyl (C=O) groups excluding carboxylic acids is 1. The first-order valence-electron chi connectivity index (χ1n) is 3.47. The Hall–Kier alpha value is -1.16. The third-order valence-electron chi connectivity index (χ3n) is 1.42. The van der Waals surface area contributed by atoms with Gasteiger partial charge in [0, 0.05) is 0 Å². The summed E-state index contributed by atoms with van der Waals surface area (Å²) in [7, 11) is 3.08. The van der Waals surface area contributed by atoms with Gasteiger partial charge in [-0.2, -0.15) is 0 Å². The second-order valence-electron chi connectivity index (χ2n) is 2.85. The molecule has 0 aromatic carbocycles. The number of carboxylic acids is 1. The summed E-state index contributed by atoms with van der Waals surface area (Å²) in [5.41, 5.74) is 0.260. The van der Waals surface area contributed by atoms with Crippen molar-refractivity contribution in [1.82, 2.24) is 4.90 Å². The van der Waals surface area contributed by atoms with E-state index in [0.717, 1.165) is 0 Å². The zero-order valence-electron chi connectivity index (χ0n) is 7.50. The largest absolute Gasteiger partial charge is 0.480 e. The van der Waals surface area contributed by atoms with Crippen LogP contribution in [0.1, 0.15) is 6.92 Å². The van der Waals surface area contributed by atoms with Crippen molar-refractivity contribution in [3.8, 4) is 0 Å². The molecule has 0 bridgehead atoms. The number of carboxylic acid groups (broad SMARTS) is 1. The van der Waals surface area contributed by atoms with Crippen LogP contribution in [0.25, 0.3) is 0 Å². The molecule has 0 rings (SSSR count). The zero-order valence-corrected chi connectivity index (χ0v) is 7.50. The highest BCUT2D eigenvalue weighted by atomic mass is 16.4. The Balaban J connectivity index is 4.64. The van der Waals surface area contributed by atoms with Crippen molar-refractivity contribution in [3.05, 3.63) is 12.2 Å². The van der Waals surface area contributed by atoms with Crippen LogP contribution in [-0.2, 0) is 9.59 Å². The summed E-state index contributed by atoms with van der Waals surface area (Å²) in [6, 6.07) is -1.11. The van der Waals surface area contributed by atoms with Gasteiger partial charge in [0.2, 0.25) is 0 Å². The van der Waals surface area contributed by atoms with Gasteiger partial charge in [0.05, 0.1) is 0 Å². The van der Waals surface area contributed by atoms with Crippen molar-refractivity contribution in [2.75, 3.05) is 14.1 Å². The van der Waals surface area contributed by atoms with E-state index in [1.807, 2.05) is 0 Å². The topological polar surface area (TPSA) is 57.6 Å². The fourth-order valence-electron chi connectivity index (χ4n) is 0.801. The first-order chi connectivity index (χ1) is 5.37. The molecule has 0 spiro atoms. The number of aliphatic carboxylic acids is 1. The van der Waals surface area contributed by atoms with Crippen LogP contribution in [0.2, 0.25) is 0 Å². The monoisotopic (exact) mass is 171 g/mol. The van der Waals surface area contributed by atoms with E-state index in [1.165, 1.54) is 11.8 Å². The third kappa shape index (κ3) is 2.47. The van der Waals surface area contributed by atoms with Gasteiger partial charge >= 0.3 is 5.97 Å². The number of hydrogen-bond acceptors (Lipinski definition) is 3. The smallest absolute Gasteiger partial charge is 0.329 e. The molecule has 12 heavy (non-hydrogen) atoms. The molecule has 1 atom stereocenters. The van der Waals surface area contributed by atoms with Gasteiger partial charge < -0.3 is 5.11 Å². The first-order valence-corrected chi connectivity index (χ1v) is 3.47. The minimum Gasteiger partial charge on any atom is -0.480 e. The summed E-state index contributed by atoms with van der Waals surface area (Å²) in [5, 5.41) is 8.66. The predicted molar refractivity (Wildman–Crippen MR) is 44.9 cm³/mol. The second kappa shape index (κ2) is 4.01. The Kier molecular flexibility index (Phi) is 3.63. The summed E-state index contributed by atoms with van der Waals surface area (Å²) in [6.07, 6.45) is 0. The van der Waals surface area contributed by atoms with Gasteiger partial charge in [-0.05, 0) is 26.6 Å². The summed E-state index contributed by atoms with van der Waals surface area (Å²) in [5.74, 6) is -1.60. The maximum Gasteiger partial charge on any atom is 0.329 e. The third-order valence-corrected chi connectivity index (χ3v) is 1.42. The predicted octanol–water partition coefficient (Wildman–Crippen LogP) is 0.146. The van der Waals surface area contributed by atoms with Crippen LogP contribution in [-0.4, -0.2) is 41.9 Å². The van der Waals surface area contributed by atoms with Crippen molar-refractivity contribution >= 4 is 11.8 Å². The second-order valence-corrected chi connectivity index (χ2v) is 2.85. The lowest BCUT2D eigenvalue weighted by atomic mass is 10.1. The number of carbonyl (C=O) groups is 2. The number of likely N-dealkylation sites (N-methyl/N-ethyl adjacent to an activating group) is 1. The summed E-state index contributed by atoms with van der Waals surface area (Å²) in [6.45, 7) is 4.90. The Morgan fingerprint density at radius 1 is 1.42 bits per heavy atom. The van der Waals surface area contributed by atoms with E-state index in [1.54, 1.807) is 14.1 Å². The average molecular weight is 171 g/mol. The van der Waals surface area contributed by atoms with Crippen LogP contribution in [0.15, 0.2) is 12.2 Å². The maximum atomic E-state index is 11.2. The lowest BCUT2D eigenvalue weighted by molar-refractivity contribution is -0.145. The molecule has 0 heterocycles. The van der Waals surface area contributed by atoms with E-state index in [2.05, 4.69) is 6.58 Å². The van der Waals surface area contributed by atoms with Crippen molar-refractivity contribution in [1.29, 1.82) is 0 Å². The molecule has 0 radical (unpaired) electrons. The van der Waals surface area contributed by atoms with Crippen LogP contribution in [0.3, 0.4) is 0 Å². The number of ketones is 1. The van der Waals surface area contributed by atoms with E-state index in [9.17, 15) is 9.59 Å². The molecule has 0 saturated carbocycles. The fraction of sp³-hybridized carbons (Fsp3) is 0.500. The van der Waals surface area contributed by atoms with Crippen molar-refractivity contribution < 1.29 is 14.7 Å². The highest BCUT2D eigenvalue weighted by molar-refractivity contribution is 6.10. The van der Waals surface area contributed by atoms with Crippen LogP contribution >= 0.6 is 0 Å². The molecule has 0 saturated heterocycles. The van der Waals surface area contributed by atoms with Gasteiger partial charge in [-0.15, -0.1) is 0 Å². The molecule has 0 aliphatic rings. The maximum absolute atomic E-state index is 11.2. The van der Waals surface area contributed by atoms with E-state index < -0.39 is 17.8 Å². The Morgan fingerprint density at radius 2 is 1.83 bits per heavy atom. The Labute approximate surface area is 71.5 Å². The van der Waals surface area contributed by atoms with Crippen LogP contribution in [0.4, 0.5) is 0 Å². The van der Waals surface area contributed by atoms with Crippen LogP contribution < -0.4 is 0 Å². The number of nitrogens with zero attached hydrogens (tertiary/aromatic N) is 1. The van der Waals surface area contributed by atoms with Crippen molar-refractivity contribution in [2.45, 2.75) is 13.0 Å². The SMILES string of the molecule is C=C(C)C(=O)C(C(=O)O)N(C)C. The number of Topliss-reactive ketones (excluding diaryl/α,β-unsaturated/α-hetero) is 1. The molecule has 0 amide bonds. The van der Waals surface area contributed by atoms with Gasteiger partial charge in [-0.25, -0.2) is 0 Å². The van der Waals surface area contributed by atoms with Gasteiger partial charge in [0.25, 0.3) is 0 Å². The molecular weight excluding hydrogens is 158 g/mol. The van der Waals surface area contributed by atoms with E-state index in [0.29, 0.717) is 0 Å². The number of hydrogen-bond donors (Lipinski definition) is 1. The highest BCUT2D eigenvalue weighted by Crippen LogP contribution is 2.02. The van der Waals surface area contributed by atoms with E-state index in [4.69, 9.17) is 5.11 Å². The summed E-state index contributed by atoms with van der Waals surface area (Å²) < 4.78 is 0. The standard InChI is InChI=1S/C8H13NO3/c1-5(2)7(10)6(8(11)12)9(3)4/h6H,1H2,2-4H3,(H,11,12). The molecular formula is C8H13NO3. The number of rotatable bonds is 4. The van der Waals surface area contributed by atoms with Crippen LogP contribution in [0, 0.1) is 0 Å². The molecule has 68 valence electrons. The van der Waals surface area contributed by atoms with Crippen LogP contribution in [0.5, 0.6) is 0 Å². The molecule has 0 aromatic heterocycles. The van der Waals surface area contributed by atoms with Gasteiger partial charge in [-0.1, -0.05) is 6.58 Å². The van der Waals surface area contributed by atoms with Gasteiger partial charge in [0.15, 0.2) is 11.8 Å². The Morgan fingerprint density at radius 3 is 1.92 bits per heavy atom. The lowest BCUT2D eigenvalue weighted by Crippen LogP contribution is -2.42. The minimum atomic E-state index is -1.15. The van der Waals surface area contributed by atoms with Gasteiger partial charge in [0.1, 0.15) is 0 Å². The molecule has 0 fully saturated rings. The molecule has 0 aliphatic carbocycles. The fourth-order valence-corrected chi connectivity index (χ4v) is 0.801. The van der Waals surface area contributed by atoms with Crippen molar-refractivity contribution in [3.63, 3.8) is 0 Å². The lowest BCUT2D eigenvalue weighted by Gasteiger charge is -2.18. The summed E-state index contributed by atoms with van der Waals surface area (Å²) in [4.78, 5) is 23.1. The molecule has 0 aliphatic heterocycles. The molecule has 1 unspecified atom stereocenters. The minimum absolute atomic E-state index is 0.260. The zero-order chi connectivity index (χ0) is 9.89. The van der Waals surface area contributed by atoms with E-state index in [-0.39, 0.29) is 5.57 Å². The molecule has 4 nitrogen and oxygen atoms in total. The van der Waals surface area contributed by atoms with E-state index >= 15 is 0 Å². The average Bonchev–Trinajstić information content (AvgIpc) is 1.85. The molecule has 0 aromatic rings. The highest BCUT2D eigenvalue weighted by Gasteiger charge is 2.28. The summed E-state index contributed by atoms with van der Waals surface area (Å²) >= 11 is 0. The van der Waals surface area contributed by atoms with Gasteiger partial charge in [-0.3, -0.25) is 14.5 Å².